The van der Waals surface area contributed by atoms with E-state index in [1.165, 1.54) is 11.0 Å². The second kappa shape index (κ2) is 12.2. The lowest BCUT2D eigenvalue weighted by Crippen LogP contribution is -2.53. The van der Waals surface area contributed by atoms with Crippen LogP contribution >= 0.6 is 0 Å². The van der Waals surface area contributed by atoms with E-state index >= 15 is 0 Å². The van der Waals surface area contributed by atoms with Gasteiger partial charge >= 0.3 is 6.09 Å². The number of anilines is 1. The Morgan fingerprint density at radius 1 is 1.09 bits per heavy atom. The molecule has 35 heavy (non-hydrogen) atoms. The van der Waals surface area contributed by atoms with Crippen molar-refractivity contribution in [3.8, 4) is 0 Å². The molecule has 0 saturated carbocycles. The number of carbonyl (C=O) groups excluding carboxylic acids is 3. The zero-order valence-electron chi connectivity index (χ0n) is 21.0. The third-order valence-electron chi connectivity index (χ3n) is 5.14. The number of nitrogens with one attached hydrogen (secondary N) is 2. The highest BCUT2D eigenvalue weighted by Gasteiger charge is 2.35. The minimum absolute atomic E-state index is 0.00503. The van der Waals surface area contributed by atoms with Gasteiger partial charge in [0.05, 0.1) is 6.61 Å². The predicted octanol–water partition coefficient (Wildman–Crippen LogP) is 3.88. The fraction of sp³-hybridized carbons (Fsp3) is 0.370. The van der Waals surface area contributed by atoms with Gasteiger partial charge in [-0.1, -0.05) is 54.1 Å². The number of alkyl carbamates (subject to hydrolysis) is 1. The van der Waals surface area contributed by atoms with E-state index in [-0.39, 0.29) is 6.54 Å². The lowest BCUT2D eigenvalue weighted by molar-refractivity contribution is -0.140. The maximum absolute atomic E-state index is 13.6. The molecule has 0 aliphatic carbocycles. The molecule has 2 aromatic carbocycles. The minimum atomic E-state index is -1.32. The van der Waals surface area contributed by atoms with E-state index in [4.69, 9.17) is 4.74 Å². The third kappa shape index (κ3) is 7.96. The number of benzene rings is 2. The third-order valence-corrected chi connectivity index (χ3v) is 5.14. The summed E-state index contributed by atoms with van der Waals surface area (Å²) in [5.41, 5.74) is 2.27. The van der Waals surface area contributed by atoms with Gasteiger partial charge in [-0.2, -0.15) is 0 Å². The number of para-hydroxylation sites is 1. The van der Waals surface area contributed by atoms with Crippen LogP contribution in [0.2, 0.25) is 0 Å². The first kappa shape index (κ1) is 27.6. The molecule has 0 bridgehead atoms. The number of hydrogen-bond donors (Lipinski definition) is 3. The molecule has 188 valence electrons. The molecule has 3 N–H and O–H groups in total. The highest BCUT2D eigenvalue weighted by atomic mass is 16.6. The number of carbonyl (C=O) groups is 3. The molecule has 2 aromatic rings. The largest absolute Gasteiger partial charge is 0.444 e. The van der Waals surface area contributed by atoms with Gasteiger partial charge in [-0.05, 0) is 51.8 Å². The number of amides is 3. The Morgan fingerprint density at radius 2 is 1.71 bits per heavy atom. The van der Waals surface area contributed by atoms with Crippen LogP contribution in [0.4, 0.5) is 10.5 Å². The second-order valence-corrected chi connectivity index (χ2v) is 9.28. The van der Waals surface area contributed by atoms with Crippen LogP contribution in [0.5, 0.6) is 0 Å². The first-order valence-electron chi connectivity index (χ1n) is 11.4. The number of hydrogen-bond acceptors (Lipinski definition) is 5. The zero-order chi connectivity index (χ0) is 26.2. The minimum Gasteiger partial charge on any atom is -0.444 e. The van der Waals surface area contributed by atoms with Crippen molar-refractivity contribution in [3.63, 3.8) is 0 Å². The van der Waals surface area contributed by atoms with Gasteiger partial charge in [0.15, 0.2) is 0 Å². The Labute approximate surface area is 207 Å². The molecule has 0 fully saturated rings. The van der Waals surface area contributed by atoms with Crippen LogP contribution in [0.25, 0.3) is 0 Å². The molecule has 2 atom stereocenters. The van der Waals surface area contributed by atoms with E-state index in [0.29, 0.717) is 11.3 Å². The van der Waals surface area contributed by atoms with E-state index in [2.05, 4.69) is 17.2 Å². The number of rotatable bonds is 9. The van der Waals surface area contributed by atoms with E-state index in [1.807, 2.05) is 44.2 Å². The van der Waals surface area contributed by atoms with Crippen molar-refractivity contribution in [2.75, 3.05) is 18.5 Å². The van der Waals surface area contributed by atoms with Gasteiger partial charge in [-0.25, -0.2) is 4.79 Å². The lowest BCUT2D eigenvalue weighted by atomic mass is 10.0. The van der Waals surface area contributed by atoms with Crippen LogP contribution in [0.15, 0.2) is 61.2 Å². The molecular weight excluding hydrogens is 446 g/mol. The zero-order valence-corrected chi connectivity index (χ0v) is 21.0. The molecule has 8 heteroatoms. The second-order valence-electron chi connectivity index (χ2n) is 9.28. The van der Waals surface area contributed by atoms with Crippen molar-refractivity contribution in [2.24, 2.45) is 0 Å². The standard InChI is InChI=1S/C27H35N3O5/c1-7-16-30(25(33)22(17-31)29-26(34)35-27(4,5)6)23(20-14-12-18(2)13-15-20)24(32)28-21-11-9-8-10-19(21)3/h7-15,22-23,31H,1,16-17H2,2-6H3,(H,28,32)(H,29,34). The lowest BCUT2D eigenvalue weighted by Gasteiger charge is -2.33. The summed E-state index contributed by atoms with van der Waals surface area (Å²) in [6.07, 6.45) is 0.641. The van der Waals surface area contributed by atoms with Crippen molar-refractivity contribution in [3.05, 3.63) is 77.9 Å². The molecule has 0 spiro atoms. The van der Waals surface area contributed by atoms with Gasteiger partial charge in [0.1, 0.15) is 17.7 Å². The van der Waals surface area contributed by atoms with Gasteiger partial charge in [0.25, 0.3) is 5.91 Å². The molecule has 0 aliphatic heterocycles. The predicted molar refractivity (Wildman–Crippen MR) is 136 cm³/mol. The molecule has 0 heterocycles. The Hall–Kier alpha value is -3.65. The quantitative estimate of drug-likeness (QED) is 0.471. The number of aryl methyl sites for hydroxylation is 2. The molecular formula is C27H35N3O5. The first-order chi connectivity index (χ1) is 16.5. The molecule has 2 unspecified atom stereocenters. The summed E-state index contributed by atoms with van der Waals surface area (Å²) >= 11 is 0. The van der Waals surface area contributed by atoms with E-state index < -0.39 is 42.2 Å². The van der Waals surface area contributed by atoms with Crippen molar-refractivity contribution < 1.29 is 24.2 Å². The highest BCUT2D eigenvalue weighted by molar-refractivity contribution is 5.99. The molecule has 0 saturated heterocycles. The van der Waals surface area contributed by atoms with Crippen molar-refractivity contribution in [2.45, 2.75) is 52.3 Å². The van der Waals surface area contributed by atoms with Crippen LogP contribution in [0, 0.1) is 13.8 Å². The fourth-order valence-corrected chi connectivity index (χ4v) is 3.43. The topological polar surface area (TPSA) is 108 Å². The van der Waals surface area contributed by atoms with Crippen LogP contribution in [0.1, 0.15) is 43.5 Å². The molecule has 8 nitrogen and oxygen atoms in total. The van der Waals surface area contributed by atoms with Crippen LogP contribution in [-0.4, -0.2) is 52.7 Å². The van der Waals surface area contributed by atoms with Gasteiger partial charge in [-0.15, -0.1) is 6.58 Å². The average molecular weight is 482 g/mol. The Bertz CT molecular complexity index is 1040. The van der Waals surface area contributed by atoms with Gasteiger partial charge < -0.3 is 25.4 Å². The highest BCUT2D eigenvalue weighted by Crippen LogP contribution is 2.25. The van der Waals surface area contributed by atoms with E-state index in [9.17, 15) is 19.5 Å². The van der Waals surface area contributed by atoms with Crippen LogP contribution in [0.3, 0.4) is 0 Å². The van der Waals surface area contributed by atoms with Gasteiger partial charge in [-0.3, -0.25) is 9.59 Å². The number of ether oxygens (including phenoxy) is 1. The number of aliphatic hydroxyl groups is 1. The summed E-state index contributed by atoms with van der Waals surface area (Å²) in [5, 5.41) is 15.2. The summed E-state index contributed by atoms with van der Waals surface area (Å²) in [6.45, 7) is 11.9. The Balaban J connectivity index is 2.44. The maximum Gasteiger partial charge on any atom is 0.408 e. The summed E-state index contributed by atoms with van der Waals surface area (Å²) in [5.74, 6) is -1.09. The van der Waals surface area contributed by atoms with Crippen LogP contribution < -0.4 is 10.6 Å². The Morgan fingerprint density at radius 3 is 2.26 bits per heavy atom. The first-order valence-corrected chi connectivity index (χ1v) is 11.4. The van der Waals surface area contributed by atoms with Gasteiger partial charge in [0, 0.05) is 12.2 Å². The van der Waals surface area contributed by atoms with Crippen molar-refractivity contribution in [1.82, 2.24) is 10.2 Å². The molecule has 0 aliphatic rings. The molecule has 0 aromatic heterocycles. The Kier molecular flexibility index (Phi) is 9.59. The fourth-order valence-electron chi connectivity index (χ4n) is 3.43. The van der Waals surface area contributed by atoms with Crippen molar-refractivity contribution in [1.29, 1.82) is 0 Å². The van der Waals surface area contributed by atoms with Gasteiger partial charge in [0.2, 0.25) is 5.91 Å². The summed E-state index contributed by atoms with van der Waals surface area (Å²) in [7, 11) is 0. The SMILES string of the molecule is C=CCN(C(=O)C(CO)NC(=O)OC(C)(C)C)C(C(=O)Nc1ccccc1C)c1ccc(C)cc1. The normalized spacial score (nSPS) is 12.7. The summed E-state index contributed by atoms with van der Waals surface area (Å²) in [6, 6.07) is 12.2. The maximum atomic E-state index is 13.6. The molecule has 2 rings (SSSR count). The summed E-state index contributed by atoms with van der Waals surface area (Å²) < 4.78 is 5.23. The molecule has 0 radical (unpaired) electrons. The smallest absolute Gasteiger partial charge is 0.408 e. The number of aliphatic hydroxyl groups excluding tert-OH is 1. The van der Waals surface area contributed by atoms with E-state index in [0.717, 1.165) is 11.1 Å². The molecule has 3 amide bonds. The summed E-state index contributed by atoms with van der Waals surface area (Å²) in [4.78, 5) is 40.7. The van der Waals surface area contributed by atoms with Crippen LogP contribution in [-0.2, 0) is 14.3 Å². The monoisotopic (exact) mass is 481 g/mol. The van der Waals surface area contributed by atoms with E-state index in [1.54, 1.807) is 39.0 Å². The number of nitrogens with zero attached hydrogens (tertiary/aromatic N) is 1. The average Bonchev–Trinajstić information content (AvgIpc) is 2.78. The van der Waals surface area contributed by atoms with Crippen molar-refractivity contribution >= 4 is 23.6 Å².